The van der Waals surface area contributed by atoms with Crippen molar-refractivity contribution in [2.24, 2.45) is 0 Å². The highest BCUT2D eigenvalue weighted by Gasteiger charge is 2.23. The number of amides is 1. The van der Waals surface area contributed by atoms with Gasteiger partial charge in [-0.1, -0.05) is 235 Å². The number of quaternary nitrogens is 1. The minimum atomic E-state index is -4.59. The predicted octanol–water partition coefficient (Wildman–Crippen LogP) is 15.5. The van der Waals surface area contributed by atoms with Gasteiger partial charge in [-0.15, -0.1) is 0 Å². The van der Waals surface area contributed by atoms with E-state index in [0.29, 0.717) is 17.4 Å². The maximum Gasteiger partial charge on any atom is 0.268 e. The molecule has 0 aromatic rings. The molecule has 65 heavy (non-hydrogen) atoms. The molecular weight excluding hydrogens is 828 g/mol. The predicted molar refractivity (Wildman–Crippen MR) is 279 cm³/mol. The summed E-state index contributed by atoms with van der Waals surface area (Å²) in [5.41, 5.74) is 0. The number of aliphatic hydroxyl groups is 1. The van der Waals surface area contributed by atoms with E-state index in [4.69, 9.17) is 9.05 Å². The highest BCUT2D eigenvalue weighted by Crippen LogP contribution is 2.38. The minimum Gasteiger partial charge on any atom is -0.756 e. The van der Waals surface area contributed by atoms with Gasteiger partial charge in [0, 0.05) is 6.42 Å². The van der Waals surface area contributed by atoms with Crippen LogP contribution in [0.5, 0.6) is 0 Å². The average Bonchev–Trinajstić information content (AvgIpc) is 3.26. The van der Waals surface area contributed by atoms with E-state index in [1.54, 1.807) is 6.08 Å². The van der Waals surface area contributed by atoms with Gasteiger partial charge in [-0.2, -0.15) is 0 Å². The average molecular weight is 933 g/mol. The second-order valence-corrected chi connectivity index (χ2v) is 21.0. The molecule has 0 rings (SSSR count). The third-order valence-electron chi connectivity index (χ3n) is 12.0. The first-order chi connectivity index (χ1) is 31.5. The molecule has 1 amide bonds. The number of rotatable bonds is 49. The summed E-state index contributed by atoms with van der Waals surface area (Å²) in [6.45, 7) is 4.53. The number of nitrogens with zero attached hydrogens (tertiary/aromatic N) is 1. The lowest BCUT2D eigenvalue weighted by atomic mass is 10.0. The van der Waals surface area contributed by atoms with E-state index in [-0.39, 0.29) is 19.1 Å². The number of phosphoric ester groups is 1. The number of allylic oxidation sites excluding steroid dienone is 9. The van der Waals surface area contributed by atoms with E-state index >= 15 is 0 Å². The second-order valence-electron chi connectivity index (χ2n) is 19.6. The molecule has 0 radical (unpaired) electrons. The number of hydrogen-bond acceptors (Lipinski definition) is 6. The van der Waals surface area contributed by atoms with Crippen LogP contribution in [0.25, 0.3) is 0 Å². The Bertz CT molecular complexity index is 1240. The molecule has 0 heterocycles. The van der Waals surface area contributed by atoms with E-state index in [1.165, 1.54) is 154 Å². The summed E-state index contributed by atoms with van der Waals surface area (Å²) in [7, 11) is 1.26. The molecular formula is C56H105N2O6P. The quantitative estimate of drug-likeness (QED) is 0.0272. The fourth-order valence-corrected chi connectivity index (χ4v) is 8.46. The minimum absolute atomic E-state index is 0.00127. The van der Waals surface area contributed by atoms with Gasteiger partial charge in [0.2, 0.25) is 5.91 Å². The number of carbonyl (C=O) groups excluding carboxylic acids is 1. The van der Waals surface area contributed by atoms with Crippen LogP contribution in [0.2, 0.25) is 0 Å². The van der Waals surface area contributed by atoms with Crippen molar-refractivity contribution in [3.63, 3.8) is 0 Å². The second kappa shape index (κ2) is 47.3. The van der Waals surface area contributed by atoms with Crippen molar-refractivity contribution in [1.82, 2.24) is 5.32 Å². The zero-order valence-corrected chi connectivity index (χ0v) is 44.1. The summed E-state index contributed by atoms with van der Waals surface area (Å²) in [5.74, 6) is -0.198. The molecule has 380 valence electrons. The Hall–Kier alpha value is -1.80. The summed E-state index contributed by atoms with van der Waals surface area (Å²) in [5, 5.41) is 13.8. The molecule has 8 nitrogen and oxygen atoms in total. The van der Waals surface area contributed by atoms with Crippen molar-refractivity contribution in [2.45, 2.75) is 251 Å². The van der Waals surface area contributed by atoms with Crippen molar-refractivity contribution >= 4 is 13.7 Å². The normalized spacial score (nSPS) is 14.5. The number of unbranched alkanes of at least 4 members (excludes halogenated alkanes) is 28. The summed E-state index contributed by atoms with van der Waals surface area (Å²) in [4.78, 5) is 25.4. The van der Waals surface area contributed by atoms with Crippen molar-refractivity contribution in [3.8, 4) is 0 Å². The Morgan fingerprint density at radius 1 is 0.554 bits per heavy atom. The van der Waals surface area contributed by atoms with Crippen LogP contribution in [-0.2, 0) is 18.4 Å². The van der Waals surface area contributed by atoms with Crippen LogP contribution in [0.4, 0.5) is 0 Å². The lowest BCUT2D eigenvalue weighted by Gasteiger charge is -2.29. The molecule has 0 spiro atoms. The van der Waals surface area contributed by atoms with Crippen molar-refractivity contribution in [2.75, 3.05) is 40.9 Å². The maximum absolute atomic E-state index is 12.9. The highest BCUT2D eigenvalue weighted by molar-refractivity contribution is 7.45. The lowest BCUT2D eigenvalue weighted by molar-refractivity contribution is -0.870. The number of likely N-dealkylation sites (N-methyl/N-ethyl adjacent to an activating group) is 1. The first-order valence-electron chi connectivity index (χ1n) is 27.2. The Kier molecular flexibility index (Phi) is 46.0. The summed E-state index contributed by atoms with van der Waals surface area (Å²) in [6, 6.07) is -0.885. The van der Waals surface area contributed by atoms with Gasteiger partial charge in [-0.3, -0.25) is 9.36 Å². The Labute approximate surface area is 402 Å². The van der Waals surface area contributed by atoms with Gasteiger partial charge in [0.05, 0.1) is 39.9 Å². The van der Waals surface area contributed by atoms with Gasteiger partial charge in [0.15, 0.2) is 0 Å². The number of aliphatic hydroxyl groups excluding tert-OH is 1. The van der Waals surface area contributed by atoms with Crippen molar-refractivity contribution in [1.29, 1.82) is 0 Å². The van der Waals surface area contributed by atoms with Gasteiger partial charge < -0.3 is 28.8 Å². The summed E-state index contributed by atoms with van der Waals surface area (Å²) < 4.78 is 23.3. The van der Waals surface area contributed by atoms with Crippen LogP contribution in [0, 0.1) is 0 Å². The largest absolute Gasteiger partial charge is 0.756 e. The highest BCUT2D eigenvalue weighted by atomic mass is 31.2. The molecule has 0 saturated carbocycles. The van der Waals surface area contributed by atoms with E-state index < -0.39 is 20.0 Å². The molecule has 0 saturated heterocycles. The molecule has 0 aromatic heterocycles. The zero-order valence-electron chi connectivity index (χ0n) is 43.2. The number of hydrogen-bond donors (Lipinski definition) is 2. The molecule has 3 atom stereocenters. The standard InChI is InChI=1S/C56H105N2O6P/c1-6-8-10-12-14-16-18-20-21-22-23-24-25-26-27-28-29-30-31-32-33-34-35-36-37-38-40-42-44-46-48-50-56(60)57-54(53-64-65(61,62)63-52-51-58(3,4)5)55(59)49-47-45-43-41-39-19-17-15-13-11-9-7-2/h8,10,14,16,20-21,23-24,47,49,54-55,59H,6-7,9,11-13,15,17-19,22,25-46,48,50-53H2,1-5H3,(H-,57,60,61,62)/b10-8-,16-14-,21-20-,24-23-,49-47+. The zero-order chi connectivity index (χ0) is 47.8. The fraction of sp³-hybridized carbons (Fsp3) is 0.804. The third kappa shape index (κ3) is 49.9. The van der Waals surface area contributed by atoms with E-state index in [0.717, 1.165) is 64.2 Å². The van der Waals surface area contributed by atoms with E-state index in [2.05, 4.69) is 67.8 Å². The topological polar surface area (TPSA) is 108 Å². The van der Waals surface area contributed by atoms with Crippen LogP contribution in [0.3, 0.4) is 0 Å². The number of nitrogens with one attached hydrogen (secondary N) is 1. The number of carbonyl (C=O) groups is 1. The monoisotopic (exact) mass is 933 g/mol. The molecule has 2 N–H and O–H groups in total. The molecule has 0 aliphatic carbocycles. The Morgan fingerprint density at radius 3 is 1.37 bits per heavy atom. The number of phosphoric acid groups is 1. The van der Waals surface area contributed by atoms with Crippen molar-refractivity contribution < 1.29 is 32.9 Å². The van der Waals surface area contributed by atoms with Crippen LogP contribution in [0.1, 0.15) is 239 Å². The first-order valence-corrected chi connectivity index (χ1v) is 28.6. The molecule has 0 aromatic carbocycles. The molecule has 0 fully saturated rings. The summed E-state index contributed by atoms with van der Waals surface area (Å²) in [6.07, 6.45) is 63.0. The van der Waals surface area contributed by atoms with Gasteiger partial charge in [-0.05, 0) is 57.8 Å². The molecule has 9 heteroatoms. The van der Waals surface area contributed by atoms with Gasteiger partial charge in [-0.25, -0.2) is 0 Å². The summed E-state index contributed by atoms with van der Waals surface area (Å²) >= 11 is 0. The molecule has 3 unspecified atom stereocenters. The molecule has 0 aliphatic heterocycles. The van der Waals surface area contributed by atoms with Crippen LogP contribution in [-0.4, -0.2) is 68.5 Å². The maximum atomic E-state index is 12.9. The van der Waals surface area contributed by atoms with Gasteiger partial charge in [0.1, 0.15) is 13.2 Å². The van der Waals surface area contributed by atoms with Gasteiger partial charge in [0.25, 0.3) is 7.82 Å². The van der Waals surface area contributed by atoms with Crippen LogP contribution in [0.15, 0.2) is 60.8 Å². The van der Waals surface area contributed by atoms with E-state index in [9.17, 15) is 19.4 Å². The van der Waals surface area contributed by atoms with Crippen LogP contribution < -0.4 is 10.2 Å². The Morgan fingerprint density at radius 2 is 0.938 bits per heavy atom. The smallest absolute Gasteiger partial charge is 0.268 e. The SMILES string of the molecule is CC/C=C\C/C=C\C/C=C\C/C=C\CCCCCCCCCCCCCCCCCCCCC(=O)NC(COP(=O)([O-])OCC[N+](C)(C)C)C(O)/C=C/CCCCCCCCCCCC. The molecule has 0 bridgehead atoms. The van der Waals surface area contributed by atoms with Crippen LogP contribution >= 0.6 is 7.82 Å². The molecule has 0 aliphatic rings. The lowest BCUT2D eigenvalue weighted by Crippen LogP contribution is -2.45. The third-order valence-corrected chi connectivity index (χ3v) is 12.9. The first kappa shape index (κ1) is 63.2. The fourth-order valence-electron chi connectivity index (χ4n) is 7.73. The van der Waals surface area contributed by atoms with E-state index in [1.807, 2.05) is 27.2 Å². The Balaban J connectivity index is 4.05. The van der Waals surface area contributed by atoms with Crippen molar-refractivity contribution in [3.05, 3.63) is 60.8 Å². The van der Waals surface area contributed by atoms with Gasteiger partial charge >= 0.3 is 0 Å².